The number of aryl methyl sites for hydroxylation is 1. The maximum atomic E-state index is 16.3. The highest BCUT2D eigenvalue weighted by molar-refractivity contribution is 7.52. The molecule has 2 aromatic heterocycles. The van der Waals surface area contributed by atoms with Crippen molar-refractivity contribution in [3.63, 3.8) is 0 Å². The Morgan fingerprint density at radius 2 is 2.00 bits per heavy atom. The number of nitrogens with one attached hydrogen (secondary N) is 1. The smallest absolute Gasteiger partial charge is 0.459 e. The lowest BCUT2D eigenvalue weighted by atomic mass is 9.97. The molecule has 4 rings (SSSR count). The molecule has 1 aromatic carbocycles. The van der Waals surface area contributed by atoms with Gasteiger partial charge in [-0.2, -0.15) is 5.09 Å². The van der Waals surface area contributed by atoms with Crippen molar-refractivity contribution in [3.8, 4) is 18.1 Å². The number of terminal acetylenes is 1. The fourth-order valence-corrected chi connectivity index (χ4v) is 5.81. The van der Waals surface area contributed by atoms with Gasteiger partial charge in [-0.25, -0.2) is 23.9 Å². The highest BCUT2D eigenvalue weighted by atomic mass is 31.2. The summed E-state index contributed by atoms with van der Waals surface area (Å²) in [5.74, 6) is 2.37. The molecule has 1 fully saturated rings. The van der Waals surface area contributed by atoms with Gasteiger partial charge in [0, 0.05) is 14.1 Å². The number of imidazole rings is 1. The monoisotopic (exact) mass is 604 g/mol. The second-order valence-electron chi connectivity index (χ2n) is 10.2. The first kappa shape index (κ1) is 31.3. The molecule has 3 heterocycles. The molecule has 2 N–H and O–H groups in total. The van der Waals surface area contributed by atoms with Gasteiger partial charge in [0.05, 0.1) is 19.0 Å². The highest BCUT2D eigenvalue weighted by Crippen LogP contribution is 2.48. The topological polar surface area (TPSA) is 150 Å². The molecule has 0 bridgehead atoms. The number of carbonyl (C=O) groups excluding carboxylic acids is 1. The summed E-state index contributed by atoms with van der Waals surface area (Å²) < 4.78 is 53.7. The predicted octanol–water partition coefficient (Wildman–Crippen LogP) is 2.93. The first-order chi connectivity index (χ1) is 19.8. The number of rotatable bonds is 11. The first-order valence-electron chi connectivity index (χ1n) is 13.1. The quantitative estimate of drug-likeness (QED) is 0.188. The number of esters is 1. The summed E-state index contributed by atoms with van der Waals surface area (Å²) in [6.07, 6.45) is 1.57. The molecule has 0 radical (unpaired) electrons. The first-order valence-corrected chi connectivity index (χ1v) is 14.7. The maximum absolute atomic E-state index is 16.3. The van der Waals surface area contributed by atoms with Crippen LogP contribution >= 0.6 is 7.75 Å². The SMILES string of the molecule is C#C[C@@]1(F)[C@H](O)[C@@H](CO[P@](=O)(N[C@@H](C)C(=O)OC(C)C)Oc2ccccc2)O[C@H]1n1cnc2c(N(C)C)nc(C)nc21. The molecule has 6 atom stereocenters. The molecule has 0 unspecified atom stereocenters. The Morgan fingerprint density at radius 3 is 2.62 bits per heavy atom. The van der Waals surface area contributed by atoms with E-state index >= 15 is 4.39 Å². The zero-order valence-electron chi connectivity index (χ0n) is 24.1. The van der Waals surface area contributed by atoms with Gasteiger partial charge in [0.1, 0.15) is 29.8 Å². The van der Waals surface area contributed by atoms with Crippen LogP contribution < -0.4 is 14.5 Å². The van der Waals surface area contributed by atoms with Crippen LogP contribution in [0.15, 0.2) is 36.7 Å². The third-order valence-corrected chi connectivity index (χ3v) is 7.94. The summed E-state index contributed by atoms with van der Waals surface area (Å²) in [4.78, 5) is 27.2. The lowest BCUT2D eigenvalue weighted by Gasteiger charge is -2.25. The maximum Gasteiger partial charge on any atom is 0.459 e. The Labute approximate surface area is 242 Å². The van der Waals surface area contributed by atoms with E-state index < -0.39 is 56.6 Å². The van der Waals surface area contributed by atoms with E-state index in [0.29, 0.717) is 17.2 Å². The number of hydrogen-bond acceptors (Lipinski definition) is 11. The van der Waals surface area contributed by atoms with Gasteiger partial charge in [-0.1, -0.05) is 24.1 Å². The molecule has 1 aliphatic rings. The van der Waals surface area contributed by atoms with E-state index in [4.69, 9.17) is 24.9 Å². The molecule has 1 aliphatic heterocycles. The number of para-hydroxylation sites is 1. The van der Waals surface area contributed by atoms with Gasteiger partial charge in [0.25, 0.3) is 0 Å². The number of aliphatic hydroxyl groups excluding tert-OH is 1. The molecule has 3 aromatic rings. The van der Waals surface area contributed by atoms with Crippen LogP contribution in [0.3, 0.4) is 0 Å². The normalized spacial score (nSPS) is 24.2. The summed E-state index contributed by atoms with van der Waals surface area (Å²) in [7, 11) is -0.778. The number of nitrogens with zero attached hydrogens (tertiary/aromatic N) is 5. The Morgan fingerprint density at radius 1 is 1.31 bits per heavy atom. The van der Waals surface area contributed by atoms with E-state index in [9.17, 15) is 14.5 Å². The summed E-state index contributed by atoms with van der Waals surface area (Å²) in [5.41, 5.74) is -2.14. The minimum absolute atomic E-state index is 0.170. The van der Waals surface area contributed by atoms with Crippen LogP contribution in [0.1, 0.15) is 32.8 Å². The fraction of sp³-hybridized carbons (Fsp3) is 0.481. The summed E-state index contributed by atoms with van der Waals surface area (Å²) in [6.45, 7) is 5.81. The van der Waals surface area contributed by atoms with E-state index in [1.807, 2.05) is 5.92 Å². The van der Waals surface area contributed by atoms with Crippen molar-refractivity contribution in [3.05, 3.63) is 42.5 Å². The van der Waals surface area contributed by atoms with Crippen LogP contribution in [0.25, 0.3) is 11.2 Å². The molecule has 0 spiro atoms. The number of hydrogen-bond donors (Lipinski definition) is 2. The molecule has 42 heavy (non-hydrogen) atoms. The van der Waals surface area contributed by atoms with Crippen LogP contribution in [0.5, 0.6) is 5.75 Å². The van der Waals surface area contributed by atoms with Crippen molar-refractivity contribution in [1.82, 2.24) is 24.6 Å². The Hall–Kier alpha value is -3.60. The van der Waals surface area contributed by atoms with E-state index in [1.54, 1.807) is 58.0 Å². The average molecular weight is 605 g/mol. The second kappa shape index (κ2) is 12.3. The third kappa shape index (κ3) is 6.40. The van der Waals surface area contributed by atoms with Gasteiger partial charge in [-0.05, 0) is 39.8 Å². The minimum Gasteiger partial charge on any atom is -0.462 e. The Bertz CT molecular complexity index is 1510. The standard InChI is InChI=1S/C27H34FN6O7P/c1-8-27(28)22(35)20(40-26(27)34-15-29-21-23(33(6)7)30-18(5)31-24(21)34)14-38-42(37,41-19-12-10-9-11-13-19)32-17(4)25(36)39-16(2)3/h1,9-13,15-17,20,22,26,35H,14H2,2-7H3,(H,32,37)/t17-,20+,22+,26+,27+,42+/m0/s1. The van der Waals surface area contributed by atoms with Gasteiger partial charge in [0.15, 0.2) is 23.2 Å². The number of alkyl halides is 1. The highest BCUT2D eigenvalue weighted by Gasteiger charge is 2.58. The van der Waals surface area contributed by atoms with Gasteiger partial charge in [-0.3, -0.25) is 13.9 Å². The van der Waals surface area contributed by atoms with Gasteiger partial charge in [0.2, 0.25) is 5.67 Å². The molecule has 0 saturated carbocycles. The van der Waals surface area contributed by atoms with Crippen molar-refractivity contribution >= 4 is 30.7 Å². The third-order valence-electron chi connectivity index (χ3n) is 6.29. The number of aromatic nitrogens is 4. The number of aliphatic hydroxyl groups is 1. The zero-order valence-corrected chi connectivity index (χ0v) is 25.0. The number of anilines is 1. The van der Waals surface area contributed by atoms with E-state index in [1.165, 1.54) is 30.0 Å². The average Bonchev–Trinajstić information content (AvgIpc) is 3.45. The lowest BCUT2D eigenvalue weighted by molar-refractivity contribution is -0.149. The van der Waals surface area contributed by atoms with Gasteiger partial charge < -0.3 is 24.0 Å². The number of carbonyl (C=O) groups is 1. The van der Waals surface area contributed by atoms with Crippen molar-refractivity contribution < 1.29 is 37.4 Å². The molecular formula is C27H34FN6O7P. The Balaban J connectivity index is 1.61. The van der Waals surface area contributed by atoms with Crippen LogP contribution in [0.4, 0.5) is 10.2 Å². The fourth-order valence-electron chi connectivity index (χ4n) is 4.31. The second-order valence-corrected chi connectivity index (χ2v) is 11.9. The molecule has 1 saturated heterocycles. The van der Waals surface area contributed by atoms with Crippen molar-refractivity contribution in [2.24, 2.45) is 0 Å². The van der Waals surface area contributed by atoms with E-state index in [-0.39, 0.29) is 11.4 Å². The molecule has 0 amide bonds. The Kier molecular flexibility index (Phi) is 9.20. The van der Waals surface area contributed by atoms with Crippen LogP contribution in [-0.4, -0.2) is 81.3 Å². The van der Waals surface area contributed by atoms with Crippen LogP contribution in [0, 0.1) is 19.3 Å². The number of fused-ring (bicyclic) bond motifs is 1. The summed E-state index contributed by atoms with van der Waals surface area (Å²) in [6, 6.07) is 6.99. The minimum atomic E-state index is -4.33. The predicted molar refractivity (Wildman–Crippen MR) is 151 cm³/mol. The van der Waals surface area contributed by atoms with Gasteiger partial charge >= 0.3 is 13.7 Å². The number of halogens is 1. The van der Waals surface area contributed by atoms with Crippen LogP contribution in [-0.2, 0) is 23.4 Å². The number of benzene rings is 1. The summed E-state index contributed by atoms with van der Waals surface area (Å²) >= 11 is 0. The van der Waals surface area contributed by atoms with Crippen molar-refractivity contribution in [2.75, 3.05) is 25.6 Å². The number of ether oxygens (including phenoxy) is 2. The summed E-state index contributed by atoms with van der Waals surface area (Å²) in [5, 5.41) is 13.5. The molecule has 15 heteroatoms. The lowest BCUT2D eigenvalue weighted by Crippen LogP contribution is -2.42. The van der Waals surface area contributed by atoms with Crippen LogP contribution in [0.2, 0.25) is 0 Å². The largest absolute Gasteiger partial charge is 0.462 e. The molecule has 226 valence electrons. The van der Waals surface area contributed by atoms with E-state index in [2.05, 4.69) is 20.0 Å². The van der Waals surface area contributed by atoms with Crippen molar-refractivity contribution in [1.29, 1.82) is 0 Å². The zero-order chi connectivity index (χ0) is 30.8. The van der Waals surface area contributed by atoms with Gasteiger partial charge in [-0.15, -0.1) is 6.42 Å². The molecule has 0 aliphatic carbocycles. The van der Waals surface area contributed by atoms with E-state index in [0.717, 1.165) is 0 Å². The van der Waals surface area contributed by atoms with Crippen molar-refractivity contribution in [2.45, 2.75) is 63.9 Å². The molecule has 13 nitrogen and oxygen atoms in total. The molecular weight excluding hydrogens is 570 g/mol.